The van der Waals surface area contributed by atoms with Gasteiger partial charge in [-0.2, -0.15) is 0 Å². The normalized spacial score (nSPS) is 12.7. The number of H-pyrrole nitrogens is 1. The number of carbonyl (C=O) groups is 1. The Kier molecular flexibility index (Phi) is 7.00. The van der Waals surface area contributed by atoms with E-state index in [0.29, 0.717) is 34.4 Å². The highest BCUT2D eigenvalue weighted by Crippen LogP contribution is 2.25. The van der Waals surface area contributed by atoms with Gasteiger partial charge in [-0.05, 0) is 44.9 Å². The minimum Gasteiger partial charge on any atom is -0.396 e. The molecular weight excluding hydrogens is 464 g/mol. The van der Waals surface area contributed by atoms with Crippen LogP contribution in [0.1, 0.15) is 47.8 Å². The number of aromatic nitrogens is 3. The lowest BCUT2D eigenvalue weighted by Gasteiger charge is -2.18. The molecule has 0 bridgehead atoms. The summed E-state index contributed by atoms with van der Waals surface area (Å²) in [4.78, 5) is 25.4. The molecule has 0 fully saturated rings. The van der Waals surface area contributed by atoms with E-state index >= 15 is 0 Å². The largest absolute Gasteiger partial charge is 0.396 e. The number of amides is 1. The first-order chi connectivity index (χ1) is 16.7. The molecular formula is C26H28N4O4S. The minimum atomic E-state index is -3.37. The van der Waals surface area contributed by atoms with E-state index in [4.69, 9.17) is 0 Å². The van der Waals surface area contributed by atoms with Crippen molar-refractivity contribution in [3.63, 3.8) is 0 Å². The number of benzene rings is 2. The molecule has 0 radical (unpaired) electrons. The zero-order valence-electron chi connectivity index (χ0n) is 19.8. The number of aliphatic hydroxyl groups is 1. The van der Waals surface area contributed by atoms with Crippen molar-refractivity contribution in [3.8, 4) is 11.3 Å². The summed E-state index contributed by atoms with van der Waals surface area (Å²) in [7, 11) is -3.37. The van der Waals surface area contributed by atoms with Gasteiger partial charge in [0.05, 0.1) is 33.6 Å². The van der Waals surface area contributed by atoms with Gasteiger partial charge in [0.15, 0.2) is 15.5 Å². The molecule has 1 atom stereocenters. The van der Waals surface area contributed by atoms with E-state index in [2.05, 4.69) is 20.3 Å². The number of aryl methyl sites for hydroxylation is 1. The topological polar surface area (TPSA) is 125 Å². The summed E-state index contributed by atoms with van der Waals surface area (Å²) in [6.45, 7) is 5.21. The molecule has 2 aromatic carbocycles. The van der Waals surface area contributed by atoms with Crippen molar-refractivity contribution in [1.82, 2.24) is 20.3 Å². The highest BCUT2D eigenvalue weighted by atomic mass is 32.2. The number of aliphatic hydroxyl groups excluding tert-OH is 1. The molecule has 0 aliphatic heterocycles. The summed E-state index contributed by atoms with van der Waals surface area (Å²) in [5.74, 6) is -0.333. The van der Waals surface area contributed by atoms with Gasteiger partial charge < -0.3 is 15.4 Å². The van der Waals surface area contributed by atoms with Gasteiger partial charge in [0.2, 0.25) is 0 Å². The molecule has 0 saturated heterocycles. The van der Waals surface area contributed by atoms with Crippen LogP contribution >= 0.6 is 0 Å². The van der Waals surface area contributed by atoms with Crippen LogP contribution in [-0.4, -0.2) is 46.2 Å². The molecule has 182 valence electrons. The van der Waals surface area contributed by atoms with E-state index in [9.17, 15) is 18.3 Å². The predicted molar refractivity (Wildman–Crippen MR) is 135 cm³/mol. The summed E-state index contributed by atoms with van der Waals surface area (Å²) in [6.07, 6.45) is 3.51. The zero-order chi connectivity index (χ0) is 25.2. The SMILES string of the molecule is Cc1ccc([C@@H](CCO)NC(=O)c2c[nH]c3ncc(-c4ccc(S(=O)(=O)C(C)C)cc4)nc23)cc1. The van der Waals surface area contributed by atoms with Gasteiger partial charge in [0.25, 0.3) is 5.91 Å². The maximum Gasteiger partial charge on any atom is 0.255 e. The van der Waals surface area contributed by atoms with Gasteiger partial charge in [0, 0.05) is 18.4 Å². The zero-order valence-corrected chi connectivity index (χ0v) is 20.6. The average molecular weight is 493 g/mol. The fourth-order valence-electron chi connectivity index (χ4n) is 3.78. The van der Waals surface area contributed by atoms with Crippen LogP contribution in [-0.2, 0) is 9.84 Å². The van der Waals surface area contributed by atoms with Crippen molar-refractivity contribution >= 4 is 26.9 Å². The Morgan fingerprint density at radius 2 is 1.77 bits per heavy atom. The molecule has 2 heterocycles. The molecule has 0 aliphatic carbocycles. The van der Waals surface area contributed by atoms with Crippen LogP contribution in [0.2, 0.25) is 0 Å². The molecule has 35 heavy (non-hydrogen) atoms. The highest BCUT2D eigenvalue weighted by molar-refractivity contribution is 7.92. The van der Waals surface area contributed by atoms with Gasteiger partial charge in [0.1, 0.15) is 5.52 Å². The first-order valence-electron chi connectivity index (χ1n) is 11.4. The number of nitrogens with one attached hydrogen (secondary N) is 2. The number of aromatic amines is 1. The quantitative estimate of drug-likeness (QED) is 0.342. The molecule has 3 N–H and O–H groups in total. The predicted octanol–water partition coefficient (Wildman–Crippen LogP) is 3.97. The van der Waals surface area contributed by atoms with Crippen LogP contribution < -0.4 is 5.32 Å². The Morgan fingerprint density at radius 1 is 1.09 bits per heavy atom. The van der Waals surface area contributed by atoms with Crippen molar-refractivity contribution in [3.05, 3.63) is 77.6 Å². The van der Waals surface area contributed by atoms with Crippen LogP contribution in [0.5, 0.6) is 0 Å². The highest BCUT2D eigenvalue weighted by Gasteiger charge is 2.21. The van der Waals surface area contributed by atoms with E-state index in [1.807, 2.05) is 31.2 Å². The smallest absolute Gasteiger partial charge is 0.255 e. The lowest BCUT2D eigenvalue weighted by molar-refractivity contribution is 0.0931. The third-order valence-electron chi connectivity index (χ3n) is 5.93. The second-order valence-corrected chi connectivity index (χ2v) is 11.2. The number of fused-ring (bicyclic) bond motifs is 1. The number of hydrogen-bond acceptors (Lipinski definition) is 6. The van der Waals surface area contributed by atoms with Gasteiger partial charge in [-0.25, -0.2) is 18.4 Å². The molecule has 0 aliphatic rings. The first kappa shape index (κ1) is 24.6. The summed E-state index contributed by atoms with van der Waals surface area (Å²) < 4.78 is 24.8. The van der Waals surface area contributed by atoms with Crippen LogP contribution in [0.4, 0.5) is 0 Å². The monoisotopic (exact) mass is 492 g/mol. The summed E-state index contributed by atoms with van der Waals surface area (Å²) in [5.41, 5.74) is 4.43. The molecule has 0 unspecified atom stereocenters. The maximum absolute atomic E-state index is 13.2. The van der Waals surface area contributed by atoms with E-state index in [1.54, 1.807) is 50.5 Å². The van der Waals surface area contributed by atoms with Crippen molar-refractivity contribution in [2.24, 2.45) is 0 Å². The Labute approximate surface area is 204 Å². The summed E-state index contributed by atoms with van der Waals surface area (Å²) in [5, 5.41) is 12.0. The standard InChI is InChI=1S/C26H28N4O4S/c1-16(2)35(33,34)20-10-8-19(9-11-20)23-15-28-25-24(29-23)21(14-27-25)26(32)30-22(12-13-31)18-6-4-17(3)5-7-18/h4-11,14-16,22,31H,12-13H2,1-3H3,(H,27,28)(H,30,32)/t22-/m1/s1. The Bertz CT molecular complexity index is 1440. The molecule has 9 heteroatoms. The molecule has 0 saturated carbocycles. The molecule has 2 aromatic heterocycles. The van der Waals surface area contributed by atoms with Gasteiger partial charge in [-0.1, -0.05) is 42.0 Å². The van der Waals surface area contributed by atoms with Gasteiger partial charge in [-0.3, -0.25) is 4.79 Å². The third-order valence-corrected chi connectivity index (χ3v) is 8.10. The first-order valence-corrected chi connectivity index (χ1v) is 12.9. The molecule has 4 aromatic rings. The molecule has 4 rings (SSSR count). The second-order valence-electron chi connectivity index (χ2n) is 8.72. The Balaban J connectivity index is 1.62. The van der Waals surface area contributed by atoms with Crippen molar-refractivity contribution < 1.29 is 18.3 Å². The Hall–Kier alpha value is -3.56. The van der Waals surface area contributed by atoms with Gasteiger partial charge in [-0.15, -0.1) is 0 Å². The van der Waals surface area contributed by atoms with Crippen molar-refractivity contribution in [2.45, 2.75) is 43.4 Å². The van der Waals surface area contributed by atoms with E-state index in [-0.39, 0.29) is 23.5 Å². The lowest BCUT2D eigenvalue weighted by atomic mass is 10.0. The maximum atomic E-state index is 13.2. The van der Waals surface area contributed by atoms with E-state index in [0.717, 1.165) is 11.1 Å². The summed E-state index contributed by atoms with van der Waals surface area (Å²) in [6, 6.07) is 13.9. The average Bonchev–Trinajstić information content (AvgIpc) is 3.28. The number of hydrogen-bond donors (Lipinski definition) is 3. The van der Waals surface area contributed by atoms with E-state index < -0.39 is 15.1 Å². The van der Waals surface area contributed by atoms with Crippen LogP contribution in [0.3, 0.4) is 0 Å². The van der Waals surface area contributed by atoms with Crippen molar-refractivity contribution in [2.75, 3.05) is 6.61 Å². The van der Waals surface area contributed by atoms with Crippen LogP contribution in [0, 0.1) is 6.92 Å². The van der Waals surface area contributed by atoms with Gasteiger partial charge >= 0.3 is 0 Å². The fourth-order valence-corrected chi connectivity index (χ4v) is 4.84. The van der Waals surface area contributed by atoms with Crippen LogP contribution in [0.25, 0.3) is 22.4 Å². The number of carbonyl (C=O) groups excluding carboxylic acids is 1. The number of sulfone groups is 1. The number of rotatable bonds is 8. The van der Waals surface area contributed by atoms with Crippen molar-refractivity contribution in [1.29, 1.82) is 0 Å². The Morgan fingerprint density at radius 3 is 2.40 bits per heavy atom. The van der Waals surface area contributed by atoms with Crippen LogP contribution in [0.15, 0.2) is 65.8 Å². The second kappa shape index (κ2) is 9.97. The minimum absolute atomic E-state index is 0.0703. The third kappa shape index (κ3) is 5.11. The summed E-state index contributed by atoms with van der Waals surface area (Å²) >= 11 is 0. The lowest BCUT2D eigenvalue weighted by Crippen LogP contribution is -2.29. The molecule has 0 spiro atoms. The fraction of sp³-hybridized carbons (Fsp3) is 0.269. The molecule has 8 nitrogen and oxygen atoms in total. The number of nitrogens with zero attached hydrogens (tertiary/aromatic N) is 2. The molecule has 1 amide bonds. The van der Waals surface area contributed by atoms with E-state index in [1.165, 1.54) is 0 Å².